The lowest BCUT2D eigenvalue weighted by atomic mass is 9.80. The predicted molar refractivity (Wildman–Crippen MR) is 69.4 cm³/mol. The fourth-order valence-corrected chi connectivity index (χ4v) is 2.46. The molecule has 1 aliphatic rings. The molecule has 3 atom stereocenters. The number of ether oxygens (including phenoxy) is 2. The van der Waals surface area contributed by atoms with Gasteiger partial charge in [0.1, 0.15) is 6.61 Å². The highest BCUT2D eigenvalue weighted by atomic mass is 19.4. The van der Waals surface area contributed by atoms with Gasteiger partial charge in [-0.1, -0.05) is 37.3 Å². The van der Waals surface area contributed by atoms with E-state index in [1.165, 1.54) is 6.92 Å². The van der Waals surface area contributed by atoms with Crippen LogP contribution < -0.4 is 0 Å². The smallest absolute Gasteiger partial charge is 0.393 e. The summed E-state index contributed by atoms with van der Waals surface area (Å²) in [7, 11) is 0. The van der Waals surface area contributed by atoms with Crippen LogP contribution in [0.3, 0.4) is 0 Å². The standard InChI is InChI=1S/C15H15F3O4/c1-9-7-21-13(19)11(12(9)15(16,17)18)14(20)22-8-10-5-3-2-4-6-10/h2-6,9,11-12H,7-8H2,1H3/t9-,11-,12+/m0/s1. The summed E-state index contributed by atoms with van der Waals surface area (Å²) in [6, 6.07) is 8.50. The highest BCUT2D eigenvalue weighted by molar-refractivity contribution is 5.95. The van der Waals surface area contributed by atoms with Crippen LogP contribution in [0.2, 0.25) is 0 Å². The number of benzene rings is 1. The molecule has 0 N–H and O–H groups in total. The van der Waals surface area contributed by atoms with Crippen LogP contribution in [0, 0.1) is 17.8 Å². The van der Waals surface area contributed by atoms with Crippen LogP contribution >= 0.6 is 0 Å². The largest absolute Gasteiger partial charge is 0.465 e. The van der Waals surface area contributed by atoms with E-state index in [1.807, 2.05) is 0 Å². The van der Waals surface area contributed by atoms with Gasteiger partial charge in [-0.2, -0.15) is 13.2 Å². The number of alkyl halides is 3. The van der Waals surface area contributed by atoms with Crippen LogP contribution in [-0.4, -0.2) is 24.7 Å². The van der Waals surface area contributed by atoms with E-state index in [0.29, 0.717) is 5.56 Å². The number of esters is 2. The van der Waals surface area contributed by atoms with Gasteiger partial charge in [-0.25, -0.2) is 0 Å². The Morgan fingerprint density at radius 2 is 1.95 bits per heavy atom. The lowest BCUT2D eigenvalue weighted by Gasteiger charge is -2.34. The fraction of sp³-hybridized carbons (Fsp3) is 0.467. The molecule has 1 aromatic carbocycles. The molecule has 7 heteroatoms. The van der Waals surface area contributed by atoms with Crippen LogP contribution in [0.25, 0.3) is 0 Å². The summed E-state index contributed by atoms with van der Waals surface area (Å²) >= 11 is 0. The molecule has 0 aromatic heterocycles. The second kappa shape index (κ2) is 6.37. The Kier molecular flexibility index (Phi) is 4.73. The van der Waals surface area contributed by atoms with E-state index >= 15 is 0 Å². The summed E-state index contributed by atoms with van der Waals surface area (Å²) in [5.41, 5.74) is 0.622. The molecule has 0 spiro atoms. The minimum atomic E-state index is -4.67. The van der Waals surface area contributed by atoms with Crippen molar-refractivity contribution < 1.29 is 32.2 Å². The van der Waals surface area contributed by atoms with Crippen LogP contribution in [0.4, 0.5) is 13.2 Å². The SMILES string of the molecule is C[C@H]1COC(=O)[C@@H](C(=O)OCc2ccccc2)[C@@H]1C(F)(F)F. The molecule has 0 saturated carbocycles. The van der Waals surface area contributed by atoms with E-state index in [-0.39, 0.29) is 13.2 Å². The Balaban J connectivity index is 2.12. The van der Waals surface area contributed by atoms with Crippen LogP contribution in [0.5, 0.6) is 0 Å². The molecule has 1 saturated heterocycles. The monoisotopic (exact) mass is 316 g/mol. The minimum Gasteiger partial charge on any atom is -0.465 e. The van der Waals surface area contributed by atoms with E-state index in [2.05, 4.69) is 4.74 Å². The topological polar surface area (TPSA) is 52.6 Å². The number of carbonyl (C=O) groups is 2. The second-order valence-corrected chi connectivity index (χ2v) is 5.25. The molecule has 0 bridgehead atoms. The maximum Gasteiger partial charge on any atom is 0.393 e. The number of hydrogen-bond donors (Lipinski definition) is 0. The number of hydrogen-bond acceptors (Lipinski definition) is 4. The van der Waals surface area contributed by atoms with Gasteiger partial charge in [-0.05, 0) is 5.56 Å². The first kappa shape index (κ1) is 16.3. The first-order valence-corrected chi connectivity index (χ1v) is 6.74. The minimum absolute atomic E-state index is 0.192. The third kappa shape index (κ3) is 3.58. The van der Waals surface area contributed by atoms with Crippen molar-refractivity contribution in [1.82, 2.24) is 0 Å². The molecule has 22 heavy (non-hydrogen) atoms. The van der Waals surface area contributed by atoms with Gasteiger partial charge in [0.25, 0.3) is 0 Å². The number of cyclic esters (lactones) is 1. The van der Waals surface area contributed by atoms with Crippen LogP contribution in [0.1, 0.15) is 12.5 Å². The van der Waals surface area contributed by atoms with Crippen molar-refractivity contribution in [3.63, 3.8) is 0 Å². The van der Waals surface area contributed by atoms with E-state index in [4.69, 9.17) is 4.74 Å². The molecule has 4 nitrogen and oxygen atoms in total. The van der Waals surface area contributed by atoms with Gasteiger partial charge in [-0.15, -0.1) is 0 Å². The molecule has 0 aliphatic carbocycles. The quantitative estimate of drug-likeness (QED) is 0.635. The summed E-state index contributed by atoms with van der Waals surface area (Å²) in [5.74, 6) is -7.43. The molecule has 2 rings (SSSR count). The van der Waals surface area contributed by atoms with Gasteiger partial charge >= 0.3 is 18.1 Å². The predicted octanol–water partition coefficient (Wildman–Crippen LogP) is 2.72. The zero-order valence-corrected chi connectivity index (χ0v) is 11.8. The number of halogens is 3. The van der Waals surface area contributed by atoms with Gasteiger partial charge in [0, 0.05) is 5.92 Å². The van der Waals surface area contributed by atoms with Crippen molar-refractivity contribution in [2.24, 2.45) is 17.8 Å². The molecule has 0 radical (unpaired) electrons. The van der Waals surface area contributed by atoms with Gasteiger partial charge < -0.3 is 9.47 Å². The molecule has 1 heterocycles. The Labute approximate surface area is 125 Å². The summed E-state index contributed by atoms with van der Waals surface area (Å²) in [4.78, 5) is 23.6. The van der Waals surface area contributed by atoms with Crippen molar-refractivity contribution in [2.45, 2.75) is 19.7 Å². The normalized spacial score (nSPS) is 25.5. The highest BCUT2D eigenvalue weighted by Gasteiger charge is 2.57. The Morgan fingerprint density at radius 1 is 1.32 bits per heavy atom. The van der Waals surface area contributed by atoms with E-state index in [0.717, 1.165) is 0 Å². The molecule has 1 aromatic rings. The van der Waals surface area contributed by atoms with Crippen molar-refractivity contribution >= 4 is 11.9 Å². The maximum absolute atomic E-state index is 13.1. The molecule has 120 valence electrons. The van der Waals surface area contributed by atoms with Crippen molar-refractivity contribution in [2.75, 3.05) is 6.61 Å². The summed E-state index contributed by atoms with van der Waals surface area (Å²) in [6.07, 6.45) is -4.67. The highest BCUT2D eigenvalue weighted by Crippen LogP contribution is 2.41. The van der Waals surface area contributed by atoms with Crippen molar-refractivity contribution in [1.29, 1.82) is 0 Å². The molecule has 0 unspecified atom stereocenters. The molecular formula is C15H15F3O4. The third-order valence-electron chi connectivity index (χ3n) is 3.57. The zero-order chi connectivity index (χ0) is 16.3. The van der Waals surface area contributed by atoms with E-state index < -0.39 is 35.9 Å². The number of rotatable bonds is 3. The summed E-state index contributed by atoms with van der Waals surface area (Å²) < 4.78 is 48.9. The van der Waals surface area contributed by atoms with Crippen LogP contribution in [0.15, 0.2) is 30.3 Å². The summed E-state index contributed by atoms with van der Waals surface area (Å²) in [6.45, 7) is 0.746. The first-order valence-electron chi connectivity index (χ1n) is 6.74. The van der Waals surface area contributed by atoms with Gasteiger partial charge in [0.05, 0.1) is 12.5 Å². The third-order valence-corrected chi connectivity index (χ3v) is 3.57. The lowest BCUT2D eigenvalue weighted by Crippen LogP contribution is -2.49. The summed E-state index contributed by atoms with van der Waals surface area (Å²) in [5, 5.41) is 0. The molecule has 0 amide bonds. The Hall–Kier alpha value is -2.05. The van der Waals surface area contributed by atoms with Crippen LogP contribution in [-0.2, 0) is 25.7 Å². The van der Waals surface area contributed by atoms with Gasteiger partial charge in [0.15, 0.2) is 5.92 Å². The van der Waals surface area contributed by atoms with Crippen molar-refractivity contribution in [3.05, 3.63) is 35.9 Å². The van der Waals surface area contributed by atoms with Gasteiger partial charge in [-0.3, -0.25) is 9.59 Å². The Morgan fingerprint density at radius 3 is 2.55 bits per heavy atom. The van der Waals surface area contributed by atoms with E-state index in [1.54, 1.807) is 30.3 Å². The average molecular weight is 316 g/mol. The zero-order valence-electron chi connectivity index (χ0n) is 11.8. The molecular weight excluding hydrogens is 301 g/mol. The maximum atomic E-state index is 13.1. The molecule has 1 aliphatic heterocycles. The average Bonchev–Trinajstić information content (AvgIpc) is 2.46. The number of carbonyl (C=O) groups excluding carboxylic acids is 2. The second-order valence-electron chi connectivity index (χ2n) is 5.25. The fourth-order valence-electron chi connectivity index (χ4n) is 2.46. The Bertz CT molecular complexity index is 541. The molecule has 1 fully saturated rings. The van der Waals surface area contributed by atoms with Crippen molar-refractivity contribution in [3.8, 4) is 0 Å². The lowest BCUT2D eigenvalue weighted by molar-refractivity contribution is -0.230. The van der Waals surface area contributed by atoms with Gasteiger partial charge in [0.2, 0.25) is 0 Å². The van der Waals surface area contributed by atoms with E-state index in [9.17, 15) is 22.8 Å². The first-order chi connectivity index (χ1) is 10.3.